The fourth-order valence-electron chi connectivity index (χ4n) is 1.42. The van der Waals surface area contributed by atoms with Gasteiger partial charge >= 0.3 is 0 Å². The molecule has 0 aromatic heterocycles. The first-order valence-corrected chi connectivity index (χ1v) is 4.76. The molecule has 0 amide bonds. The number of halogens is 3. The minimum Gasteiger partial charge on any atom is -0.206 e. The Balaban J connectivity index is 2.64. The summed E-state index contributed by atoms with van der Waals surface area (Å²) in [5, 5.41) is 0.0599. The third kappa shape index (κ3) is 2.00. The summed E-state index contributed by atoms with van der Waals surface area (Å²) in [5.41, 5.74) is 0.462. The van der Waals surface area contributed by atoms with Gasteiger partial charge in [-0.3, -0.25) is 0 Å². The molecule has 0 aliphatic heterocycles. The van der Waals surface area contributed by atoms with Crippen LogP contribution in [0.1, 0.15) is 0 Å². The Morgan fingerprint density at radius 1 is 0.867 bits per heavy atom. The second-order valence-corrected chi connectivity index (χ2v) is 3.55. The van der Waals surface area contributed by atoms with Crippen LogP contribution in [-0.2, 0) is 0 Å². The fraction of sp³-hybridized carbons (Fsp3) is 0. The van der Waals surface area contributed by atoms with Crippen LogP contribution in [0.5, 0.6) is 0 Å². The zero-order valence-electron chi connectivity index (χ0n) is 7.68. The Morgan fingerprint density at radius 2 is 1.40 bits per heavy atom. The summed E-state index contributed by atoms with van der Waals surface area (Å²) < 4.78 is 26.9. The second-order valence-electron chi connectivity index (χ2n) is 3.11. The smallest absolute Gasteiger partial charge is 0.135 e. The maximum absolute atomic E-state index is 13.5. The first-order chi connectivity index (χ1) is 7.18. The van der Waals surface area contributed by atoms with Crippen LogP contribution in [-0.4, -0.2) is 0 Å². The van der Waals surface area contributed by atoms with Crippen LogP contribution in [0.4, 0.5) is 8.78 Å². The summed E-state index contributed by atoms with van der Waals surface area (Å²) in [7, 11) is 0. The molecule has 76 valence electrons. The van der Waals surface area contributed by atoms with Crippen LogP contribution in [0, 0.1) is 11.6 Å². The van der Waals surface area contributed by atoms with Gasteiger partial charge in [0.2, 0.25) is 0 Å². The van der Waals surface area contributed by atoms with Crippen LogP contribution < -0.4 is 0 Å². The van der Waals surface area contributed by atoms with Crippen LogP contribution in [0.15, 0.2) is 42.5 Å². The van der Waals surface area contributed by atoms with Gasteiger partial charge in [0.25, 0.3) is 0 Å². The lowest BCUT2D eigenvalue weighted by Crippen LogP contribution is -1.89. The average Bonchev–Trinajstić information content (AvgIpc) is 2.17. The Hall–Kier alpha value is -1.41. The van der Waals surface area contributed by atoms with Crippen molar-refractivity contribution in [3.05, 3.63) is 59.1 Å². The van der Waals surface area contributed by atoms with Gasteiger partial charge in [-0.1, -0.05) is 41.9 Å². The van der Waals surface area contributed by atoms with E-state index in [2.05, 4.69) is 0 Å². The Bertz CT molecular complexity index is 457. The topological polar surface area (TPSA) is 0 Å². The number of hydrogen-bond acceptors (Lipinski definition) is 0. The molecule has 2 aromatic carbocycles. The summed E-state index contributed by atoms with van der Waals surface area (Å²) >= 11 is 5.53. The van der Waals surface area contributed by atoms with Crippen molar-refractivity contribution in [3.8, 4) is 11.1 Å². The van der Waals surface area contributed by atoms with Gasteiger partial charge in [-0.25, -0.2) is 8.78 Å². The van der Waals surface area contributed by atoms with Crippen molar-refractivity contribution in [2.75, 3.05) is 0 Å². The maximum atomic E-state index is 13.5. The zero-order chi connectivity index (χ0) is 10.8. The van der Waals surface area contributed by atoms with Gasteiger partial charge in [0.05, 0.1) is 5.56 Å². The lowest BCUT2D eigenvalue weighted by Gasteiger charge is -2.05. The van der Waals surface area contributed by atoms with Crippen molar-refractivity contribution in [1.82, 2.24) is 0 Å². The monoisotopic (exact) mass is 224 g/mol. The Labute approximate surface area is 91.1 Å². The van der Waals surface area contributed by atoms with E-state index in [-0.39, 0.29) is 10.6 Å². The Morgan fingerprint density at radius 3 is 1.93 bits per heavy atom. The molecule has 0 saturated heterocycles. The molecule has 3 heteroatoms. The molecular formula is C12H7ClF2. The first kappa shape index (κ1) is 10.1. The van der Waals surface area contributed by atoms with Crippen molar-refractivity contribution in [3.63, 3.8) is 0 Å². The molecule has 0 bridgehead atoms. The molecule has 0 atom stereocenters. The summed E-state index contributed by atoms with van der Waals surface area (Å²) in [5.74, 6) is -1.29. The van der Waals surface area contributed by atoms with Crippen molar-refractivity contribution >= 4 is 11.6 Å². The number of benzene rings is 2. The summed E-state index contributed by atoms with van der Waals surface area (Å²) in [6.45, 7) is 0. The number of hydrogen-bond donors (Lipinski definition) is 0. The van der Waals surface area contributed by atoms with Crippen LogP contribution >= 0.6 is 11.6 Å². The molecule has 0 aliphatic carbocycles. The molecular weight excluding hydrogens is 218 g/mol. The number of rotatable bonds is 1. The normalized spacial score (nSPS) is 10.3. The van der Waals surface area contributed by atoms with E-state index < -0.39 is 11.6 Å². The van der Waals surface area contributed by atoms with Crippen LogP contribution in [0.25, 0.3) is 11.1 Å². The molecule has 0 radical (unpaired) electrons. The quantitative estimate of drug-likeness (QED) is 0.678. The van der Waals surface area contributed by atoms with E-state index in [0.717, 1.165) is 12.1 Å². The van der Waals surface area contributed by atoms with Crippen molar-refractivity contribution in [2.24, 2.45) is 0 Å². The molecule has 0 fully saturated rings. The molecule has 0 saturated carbocycles. The van der Waals surface area contributed by atoms with Gasteiger partial charge in [0, 0.05) is 5.02 Å². The largest absolute Gasteiger partial charge is 0.206 e. The SMILES string of the molecule is Fc1cc(Cl)cc(F)c1-c1ccccc1. The molecule has 0 spiro atoms. The van der Waals surface area contributed by atoms with Crippen LogP contribution in [0.2, 0.25) is 5.02 Å². The van der Waals surface area contributed by atoms with Gasteiger partial charge in [-0.15, -0.1) is 0 Å². The van der Waals surface area contributed by atoms with E-state index in [1.165, 1.54) is 0 Å². The van der Waals surface area contributed by atoms with Crippen molar-refractivity contribution in [1.29, 1.82) is 0 Å². The molecule has 2 rings (SSSR count). The highest BCUT2D eigenvalue weighted by Crippen LogP contribution is 2.28. The predicted octanol–water partition coefficient (Wildman–Crippen LogP) is 4.29. The molecule has 0 heterocycles. The minimum absolute atomic E-state index is 0.0417. The van der Waals surface area contributed by atoms with E-state index in [0.29, 0.717) is 5.56 Å². The summed E-state index contributed by atoms with van der Waals surface area (Å²) in [6, 6.07) is 10.7. The zero-order valence-corrected chi connectivity index (χ0v) is 8.43. The third-order valence-corrected chi connectivity index (χ3v) is 2.29. The van der Waals surface area contributed by atoms with E-state index in [1.807, 2.05) is 0 Å². The van der Waals surface area contributed by atoms with Gasteiger partial charge < -0.3 is 0 Å². The lowest BCUT2D eigenvalue weighted by atomic mass is 10.0. The fourth-order valence-corrected chi connectivity index (χ4v) is 1.61. The van der Waals surface area contributed by atoms with Gasteiger partial charge in [-0.05, 0) is 17.7 Å². The summed E-state index contributed by atoms with van der Waals surface area (Å²) in [6.07, 6.45) is 0. The molecule has 0 N–H and O–H groups in total. The van der Waals surface area contributed by atoms with E-state index in [1.54, 1.807) is 30.3 Å². The third-order valence-electron chi connectivity index (χ3n) is 2.07. The van der Waals surface area contributed by atoms with E-state index in [4.69, 9.17) is 11.6 Å². The lowest BCUT2D eigenvalue weighted by molar-refractivity contribution is 0.590. The summed E-state index contributed by atoms with van der Waals surface area (Å²) in [4.78, 5) is 0. The van der Waals surface area contributed by atoms with Crippen LogP contribution in [0.3, 0.4) is 0 Å². The molecule has 15 heavy (non-hydrogen) atoms. The predicted molar refractivity (Wildman–Crippen MR) is 56.8 cm³/mol. The molecule has 0 unspecified atom stereocenters. The van der Waals surface area contributed by atoms with Gasteiger partial charge in [0.1, 0.15) is 11.6 Å². The van der Waals surface area contributed by atoms with Crippen molar-refractivity contribution < 1.29 is 8.78 Å². The molecule has 0 nitrogen and oxygen atoms in total. The highest BCUT2D eigenvalue weighted by Gasteiger charge is 2.11. The second kappa shape index (κ2) is 3.99. The highest BCUT2D eigenvalue weighted by atomic mass is 35.5. The maximum Gasteiger partial charge on any atom is 0.135 e. The van der Waals surface area contributed by atoms with Gasteiger partial charge in [0.15, 0.2) is 0 Å². The average molecular weight is 225 g/mol. The van der Waals surface area contributed by atoms with Gasteiger partial charge in [-0.2, -0.15) is 0 Å². The first-order valence-electron chi connectivity index (χ1n) is 4.38. The molecule has 2 aromatic rings. The van der Waals surface area contributed by atoms with Crippen molar-refractivity contribution in [2.45, 2.75) is 0 Å². The Kier molecular flexibility index (Phi) is 2.69. The standard InChI is InChI=1S/C12H7ClF2/c13-9-6-10(14)12(11(15)7-9)8-4-2-1-3-5-8/h1-7H. The minimum atomic E-state index is -0.647. The molecule has 0 aliphatic rings. The van der Waals surface area contributed by atoms with E-state index in [9.17, 15) is 8.78 Å². The van der Waals surface area contributed by atoms with E-state index >= 15 is 0 Å². The highest BCUT2D eigenvalue weighted by molar-refractivity contribution is 6.30.